The molecule has 1 atom stereocenters. The lowest BCUT2D eigenvalue weighted by atomic mass is 9.70. The molecule has 21 heavy (non-hydrogen) atoms. The second kappa shape index (κ2) is 5.43. The highest BCUT2D eigenvalue weighted by Crippen LogP contribution is 2.45. The topological polar surface area (TPSA) is 57.5 Å². The van der Waals surface area contributed by atoms with Gasteiger partial charge >= 0.3 is 0 Å². The predicted octanol–water partition coefficient (Wildman–Crippen LogP) is 4.14. The van der Waals surface area contributed by atoms with Gasteiger partial charge < -0.3 is 10.2 Å². The minimum absolute atomic E-state index is 0.169. The minimum atomic E-state index is -1.38. The third kappa shape index (κ3) is 2.83. The molecule has 1 aromatic rings. The van der Waals surface area contributed by atoms with Gasteiger partial charge in [-0.15, -0.1) is 0 Å². The summed E-state index contributed by atoms with van der Waals surface area (Å²) in [6.07, 6.45) is 1.54. The number of hydrogen-bond acceptors (Lipinski definition) is 3. The maximum Gasteiger partial charge on any atom is 0.193 e. The lowest BCUT2D eigenvalue weighted by Gasteiger charge is -2.41. The average Bonchev–Trinajstić information content (AvgIpc) is 2.42. The van der Waals surface area contributed by atoms with Gasteiger partial charge in [0.2, 0.25) is 0 Å². The molecule has 3 nitrogen and oxygen atoms in total. The van der Waals surface area contributed by atoms with Crippen LogP contribution < -0.4 is 0 Å². The monoisotopic (exact) mass is 350 g/mol. The zero-order valence-corrected chi connectivity index (χ0v) is 13.9. The summed E-state index contributed by atoms with van der Waals surface area (Å²) >= 11 is 3.39. The summed E-state index contributed by atoms with van der Waals surface area (Å²) in [4.78, 5) is 12.5. The summed E-state index contributed by atoms with van der Waals surface area (Å²) in [5, 5.41) is 21.0. The Hall–Kier alpha value is -1.39. The Morgan fingerprint density at radius 2 is 1.81 bits per heavy atom. The van der Waals surface area contributed by atoms with Crippen molar-refractivity contribution in [2.24, 2.45) is 5.41 Å². The normalized spacial score (nSPS) is 23.0. The molecule has 2 rings (SSSR count). The van der Waals surface area contributed by atoms with Crippen LogP contribution >= 0.6 is 15.9 Å². The molecule has 0 spiro atoms. The van der Waals surface area contributed by atoms with Crippen molar-refractivity contribution in [2.45, 2.75) is 32.8 Å². The molecular weight excluding hydrogens is 332 g/mol. The van der Waals surface area contributed by atoms with E-state index in [1.54, 1.807) is 24.3 Å². The van der Waals surface area contributed by atoms with Gasteiger partial charge in [-0.25, -0.2) is 0 Å². The number of hydrogen-bond donors (Lipinski definition) is 2. The molecule has 4 heteroatoms. The summed E-state index contributed by atoms with van der Waals surface area (Å²) < 4.78 is 0.603. The Kier molecular flexibility index (Phi) is 4.13. The largest absolute Gasteiger partial charge is 0.509 e. The van der Waals surface area contributed by atoms with E-state index in [2.05, 4.69) is 15.9 Å². The molecule has 0 amide bonds. The zero-order chi connectivity index (χ0) is 15.8. The van der Waals surface area contributed by atoms with Crippen molar-refractivity contribution in [1.82, 2.24) is 0 Å². The summed E-state index contributed by atoms with van der Waals surface area (Å²) in [7, 11) is 0. The number of benzene rings is 1. The predicted molar refractivity (Wildman–Crippen MR) is 86.5 cm³/mol. The second-order valence-corrected chi connectivity index (χ2v) is 7.29. The molecule has 2 N–H and O–H groups in total. The van der Waals surface area contributed by atoms with Crippen LogP contribution in [0.25, 0.3) is 0 Å². The lowest BCUT2D eigenvalue weighted by Crippen LogP contribution is -2.46. The first-order valence-corrected chi connectivity index (χ1v) is 7.58. The van der Waals surface area contributed by atoms with Gasteiger partial charge in [0.1, 0.15) is 11.4 Å². The Bertz CT molecular complexity index is 623. The minimum Gasteiger partial charge on any atom is -0.509 e. The Morgan fingerprint density at radius 3 is 2.33 bits per heavy atom. The van der Waals surface area contributed by atoms with Crippen molar-refractivity contribution in [3.8, 4) is 0 Å². The fourth-order valence-electron chi connectivity index (χ4n) is 2.33. The molecule has 0 aromatic heterocycles. The van der Waals surface area contributed by atoms with Gasteiger partial charge in [-0.2, -0.15) is 0 Å². The van der Waals surface area contributed by atoms with E-state index in [4.69, 9.17) is 0 Å². The van der Waals surface area contributed by atoms with Crippen LogP contribution in [0.1, 0.15) is 37.6 Å². The van der Waals surface area contributed by atoms with Gasteiger partial charge in [0.15, 0.2) is 5.78 Å². The first kappa shape index (κ1) is 16.0. The fraction of sp³-hybridized carbons (Fsp3) is 0.353. The van der Waals surface area contributed by atoms with Crippen molar-refractivity contribution in [2.75, 3.05) is 0 Å². The zero-order valence-electron chi connectivity index (χ0n) is 12.4. The van der Waals surface area contributed by atoms with E-state index < -0.39 is 11.0 Å². The van der Waals surface area contributed by atoms with Crippen LogP contribution in [-0.2, 0) is 0 Å². The molecule has 0 aliphatic heterocycles. The van der Waals surface area contributed by atoms with Gasteiger partial charge in [-0.3, -0.25) is 4.79 Å². The van der Waals surface area contributed by atoms with Crippen LogP contribution in [0.2, 0.25) is 0 Å². The summed E-state index contributed by atoms with van der Waals surface area (Å²) in [5.41, 5.74) is -0.998. The van der Waals surface area contributed by atoms with Crippen molar-refractivity contribution in [3.63, 3.8) is 0 Å². The molecule has 1 aromatic carbocycles. The standard InChI is InChI=1S/C17H19BrO3/c1-16(2,3)17(21)10-13(18)12(9-14(17)19)15(20)11-7-5-4-6-8-11/h4-9,19,21H,10H2,1-3H3. The summed E-state index contributed by atoms with van der Waals surface area (Å²) in [6, 6.07) is 8.88. The molecular formula is C17H19BrO3. The Balaban J connectivity index is 2.41. The average molecular weight is 351 g/mol. The van der Waals surface area contributed by atoms with E-state index in [-0.39, 0.29) is 18.0 Å². The second-order valence-electron chi connectivity index (χ2n) is 6.33. The molecule has 0 fully saturated rings. The van der Waals surface area contributed by atoms with E-state index in [9.17, 15) is 15.0 Å². The summed E-state index contributed by atoms with van der Waals surface area (Å²) in [6.45, 7) is 5.55. The first-order chi connectivity index (χ1) is 9.67. The number of ketones is 1. The third-order valence-corrected chi connectivity index (χ3v) is 4.64. The van der Waals surface area contributed by atoms with Crippen LogP contribution in [0.3, 0.4) is 0 Å². The van der Waals surface area contributed by atoms with E-state index in [0.717, 1.165) is 0 Å². The number of aliphatic hydroxyl groups is 2. The SMILES string of the molecule is CC(C)(C)C1(O)CC(Br)=C(C(=O)c2ccccc2)C=C1O. The molecule has 0 saturated heterocycles. The number of carbonyl (C=O) groups excluding carboxylic acids is 1. The lowest BCUT2D eigenvalue weighted by molar-refractivity contribution is -0.0542. The van der Waals surface area contributed by atoms with E-state index >= 15 is 0 Å². The smallest absolute Gasteiger partial charge is 0.193 e. The van der Waals surface area contributed by atoms with Crippen LogP contribution in [0.5, 0.6) is 0 Å². The fourth-order valence-corrected chi connectivity index (χ4v) is 3.03. The number of rotatable bonds is 2. The van der Waals surface area contributed by atoms with Gasteiger partial charge in [0.05, 0.1) is 0 Å². The Morgan fingerprint density at radius 1 is 1.24 bits per heavy atom. The molecule has 112 valence electrons. The highest BCUT2D eigenvalue weighted by Gasteiger charge is 2.47. The van der Waals surface area contributed by atoms with Gasteiger partial charge in [-0.05, 0) is 11.5 Å². The maximum absolute atomic E-state index is 12.5. The molecule has 1 aliphatic rings. The van der Waals surface area contributed by atoms with E-state index in [0.29, 0.717) is 15.6 Å². The van der Waals surface area contributed by atoms with Crippen LogP contribution in [0.4, 0.5) is 0 Å². The van der Waals surface area contributed by atoms with Gasteiger partial charge in [-0.1, -0.05) is 67.0 Å². The number of carbonyl (C=O) groups is 1. The van der Waals surface area contributed by atoms with Crippen LogP contribution in [-0.4, -0.2) is 21.6 Å². The van der Waals surface area contributed by atoms with Crippen molar-refractivity contribution >= 4 is 21.7 Å². The van der Waals surface area contributed by atoms with Gasteiger partial charge in [0, 0.05) is 22.0 Å². The molecule has 0 heterocycles. The highest BCUT2D eigenvalue weighted by atomic mass is 79.9. The van der Waals surface area contributed by atoms with Crippen LogP contribution in [0.15, 0.2) is 52.2 Å². The van der Waals surface area contributed by atoms with E-state index in [1.165, 1.54) is 6.08 Å². The number of aliphatic hydroxyl groups excluding tert-OH is 1. The molecule has 0 bridgehead atoms. The number of allylic oxidation sites excluding steroid dienone is 2. The molecule has 0 radical (unpaired) electrons. The van der Waals surface area contributed by atoms with Crippen LogP contribution in [0, 0.1) is 5.41 Å². The number of Topliss-reactive ketones (excluding diaryl/α,β-unsaturated/α-hetero) is 1. The highest BCUT2D eigenvalue weighted by molar-refractivity contribution is 9.11. The molecule has 0 saturated carbocycles. The molecule has 1 aliphatic carbocycles. The third-order valence-electron chi connectivity index (χ3n) is 3.93. The van der Waals surface area contributed by atoms with Gasteiger partial charge in [0.25, 0.3) is 0 Å². The van der Waals surface area contributed by atoms with Crippen molar-refractivity contribution in [1.29, 1.82) is 0 Å². The number of halogens is 1. The van der Waals surface area contributed by atoms with Crippen molar-refractivity contribution in [3.05, 3.63) is 57.8 Å². The molecule has 1 unspecified atom stereocenters. The van der Waals surface area contributed by atoms with Crippen molar-refractivity contribution < 1.29 is 15.0 Å². The quantitative estimate of drug-likeness (QED) is 0.788. The van der Waals surface area contributed by atoms with E-state index in [1.807, 2.05) is 26.8 Å². The first-order valence-electron chi connectivity index (χ1n) is 6.79. The maximum atomic E-state index is 12.5. The Labute approximate surface area is 133 Å². The summed E-state index contributed by atoms with van der Waals surface area (Å²) in [5.74, 6) is -0.345.